The van der Waals surface area contributed by atoms with Gasteiger partial charge in [0, 0.05) is 21.9 Å². The highest BCUT2D eigenvalue weighted by Crippen LogP contribution is 2.33. The molecular formula is C15H15N3OS2. The van der Waals surface area contributed by atoms with Gasteiger partial charge in [0.25, 0.3) is 5.56 Å². The zero-order valence-corrected chi connectivity index (χ0v) is 13.2. The van der Waals surface area contributed by atoms with Crippen LogP contribution in [-0.4, -0.2) is 16.0 Å². The molecule has 0 radical (unpaired) electrons. The molecule has 0 saturated heterocycles. The second-order valence-electron chi connectivity index (χ2n) is 5.42. The third-order valence-corrected chi connectivity index (χ3v) is 5.50. The third kappa shape index (κ3) is 2.43. The van der Waals surface area contributed by atoms with Crippen LogP contribution in [0.1, 0.15) is 31.6 Å². The molecule has 6 heteroatoms. The molecule has 1 aliphatic carbocycles. The SMILES string of the molecule is C[C@@H](NC1CC1)c1nc2scc(-c3cccs3)c2c(=O)[nH]1. The van der Waals surface area contributed by atoms with Crippen LogP contribution in [0.4, 0.5) is 0 Å². The van der Waals surface area contributed by atoms with E-state index in [1.54, 1.807) is 22.7 Å². The number of thiophene rings is 2. The molecule has 3 aromatic rings. The Bertz CT molecular complexity index is 830. The van der Waals surface area contributed by atoms with E-state index in [0.29, 0.717) is 11.4 Å². The summed E-state index contributed by atoms with van der Waals surface area (Å²) in [5, 5.41) is 8.24. The molecular weight excluding hydrogens is 302 g/mol. The summed E-state index contributed by atoms with van der Waals surface area (Å²) in [6, 6.07) is 4.71. The van der Waals surface area contributed by atoms with Crippen molar-refractivity contribution in [1.82, 2.24) is 15.3 Å². The normalized spacial score (nSPS) is 16.4. The average Bonchev–Trinajstić information content (AvgIpc) is 2.97. The van der Waals surface area contributed by atoms with E-state index in [1.165, 1.54) is 12.8 Å². The van der Waals surface area contributed by atoms with Crippen LogP contribution < -0.4 is 10.9 Å². The van der Waals surface area contributed by atoms with E-state index in [4.69, 9.17) is 0 Å². The molecule has 4 rings (SSSR count). The molecule has 108 valence electrons. The average molecular weight is 317 g/mol. The van der Waals surface area contributed by atoms with Crippen molar-refractivity contribution in [2.45, 2.75) is 31.8 Å². The Morgan fingerprint density at radius 3 is 3.00 bits per heavy atom. The summed E-state index contributed by atoms with van der Waals surface area (Å²) in [6.07, 6.45) is 2.44. The molecule has 0 bridgehead atoms. The first-order valence-electron chi connectivity index (χ1n) is 7.03. The summed E-state index contributed by atoms with van der Waals surface area (Å²) in [7, 11) is 0. The number of H-pyrrole nitrogens is 1. The van der Waals surface area contributed by atoms with Gasteiger partial charge in [0.05, 0.1) is 11.4 Å². The van der Waals surface area contributed by atoms with E-state index in [1.807, 2.05) is 22.9 Å². The number of fused-ring (bicyclic) bond motifs is 1. The first-order chi connectivity index (χ1) is 10.2. The van der Waals surface area contributed by atoms with Crippen LogP contribution in [0.3, 0.4) is 0 Å². The molecule has 1 aliphatic rings. The molecule has 3 aromatic heterocycles. The number of rotatable bonds is 4. The van der Waals surface area contributed by atoms with Crippen LogP contribution >= 0.6 is 22.7 Å². The van der Waals surface area contributed by atoms with Gasteiger partial charge in [0.15, 0.2) is 0 Å². The van der Waals surface area contributed by atoms with Crippen molar-refractivity contribution in [3.05, 3.63) is 39.1 Å². The van der Waals surface area contributed by atoms with Crippen molar-refractivity contribution in [2.75, 3.05) is 0 Å². The van der Waals surface area contributed by atoms with E-state index in [0.717, 1.165) is 21.1 Å². The van der Waals surface area contributed by atoms with Gasteiger partial charge in [0.1, 0.15) is 10.7 Å². The molecule has 21 heavy (non-hydrogen) atoms. The van der Waals surface area contributed by atoms with E-state index in [-0.39, 0.29) is 11.6 Å². The maximum absolute atomic E-state index is 12.5. The zero-order chi connectivity index (χ0) is 14.4. The smallest absolute Gasteiger partial charge is 0.260 e. The Morgan fingerprint density at radius 2 is 2.29 bits per heavy atom. The lowest BCUT2D eigenvalue weighted by atomic mass is 10.2. The Hall–Kier alpha value is -1.50. The van der Waals surface area contributed by atoms with Gasteiger partial charge >= 0.3 is 0 Å². The summed E-state index contributed by atoms with van der Waals surface area (Å²) in [4.78, 5) is 22.0. The molecule has 0 amide bonds. The maximum atomic E-state index is 12.5. The van der Waals surface area contributed by atoms with E-state index >= 15 is 0 Å². The third-order valence-electron chi connectivity index (χ3n) is 3.72. The van der Waals surface area contributed by atoms with Gasteiger partial charge in [-0.3, -0.25) is 4.79 Å². The number of nitrogens with one attached hydrogen (secondary N) is 2. The van der Waals surface area contributed by atoms with Crippen LogP contribution in [0, 0.1) is 0 Å². The Balaban J connectivity index is 1.79. The van der Waals surface area contributed by atoms with Gasteiger partial charge < -0.3 is 10.3 Å². The highest BCUT2D eigenvalue weighted by molar-refractivity contribution is 7.18. The Labute approximate surface area is 129 Å². The van der Waals surface area contributed by atoms with Gasteiger partial charge in [0.2, 0.25) is 0 Å². The van der Waals surface area contributed by atoms with Crippen molar-refractivity contribution < 1.29 is 0 Å². The second-order valence-corrected chi connectivity index (χ2v) is 7.23. The van der Waals surface area contributed by atoms with Crippen molar-refractivity contribution in [3.8, 4) is 10.4 Å². The Kier molecular flexibility index (Phi) is 3.17. The molecule has 0 aromatic carbocycles. The number of nitrogens with zero attached hydrogens (tertiary/aromatic N) is 1. The van der Waals surface area contributed by atoms with Gasteiger partial charge in [-0.2, -0.15) is 0 Å². The van der Waals surface area contributed by atoms with Crippen molar-refractivity contribution in [1.29, 1.82) is 0 Å². The fourth-order valence-corrected chi connectivity index (χ4v) is 4.24. The zero-order valence-electron chi connectivity index (χ0n) is 11.6. The fourth-order valence-electron chi connectivity index (χ4n) is 2.47. The maximum Gasteiger partial charge on any atom is 0.260 e. The van der Waals surface area contributed by atoms with E-state index < -0.39 is 0 Å². The predicted octanol–water partition coefficient (Wildman–Crippen LogP) is 3.53. The summed E-state index contributed by atoms with van der Waals surface area (Å²) < 4.78 is 0. The van der Waals surface area contributed by atoms with Gasteiger partial charge in [-0.15, -0.1) is 22.7 Å². The van der Waals surface area contributed by atoms with Gasteiger partial charge in [-0.05, 0) is 31.2 Å². The molecule has 1 atom stereocenters. The molecule has 0 aliphatic heterocycles. The lowest BCUT2D eigenvalue weighted by Crippen LogP contribution is -2.25. The van der Waals surface area contributed by atoms with Gasteiger partial charge in [-0.1, -0.05) is 6.07 Å². The van der Waals surface area contributed by atoms with Gasteiger partial charge in [-0.25, -0.2) is 4.98 Å². The highest BCUT2D eigenvalue weighted by Gasteiger charge is 2.24. The number of aromatic amines is 1. The quantitative estimate of drug-likeness (QED) is 0.774. The summed E-state index contributed by atoms with van der Waals surface area (Å²) >= 11 is 3.19. The monoisotopic (exact) mass is 317 g/mol. The fraction of sp³-hybridized carbons (Fsp3) is 0.333. The molecule has 3 heterocycles. The largest absolute Gasteiger partial charge is 0.309 e. The second kappa shape index (κ2) is 5.05. The Morgan fingerprint density at radius 1 is 1.43 bits per heavy atom. The minimum absolute atomic E-state index is 0.0379. The molecule has 2 N–H and O–H groups in total. The number of hydrogen-bond acceptors (Lipinski definition) is 5. The molecule has 4 nitrogen and oxygen atoms in total. The molecule has 1 saturated carbocycles. The first kappa shape index (κ1) is 13.2. The lowest BCUT2D eigenvalue weighted by Gasteiger charge is -2.12. The topological polar surface area (TPSA) is 57.8 Å². The summed E-state index contributed by atoms with van der Waals surface area (Å²) in [5.74, 6) is 0.735. The first-order valence-corrected chi connectivity index (χ1v) is 8.79. The van der Waals surface area contributed by atoms with Crippen molar-refractivity contribution >= 4 is 32.9 Å². The highest BCUT2D eigenvalue weighted by atomic mass is 32.1. The van der Waals surface area contributed by atoms with E-state index in [2.05, 4.69) is 22.2 Å². The van der Waals surface area contributed by atoms with Crippen molar-refractivity contribution in [2.24, 2.45) is 0 Å². The van der Waals surface area contributed by atoms with E-state index in [9.17, 15) is 4.79 Å². The molecule has 0 spiro atoms. The number of hydrogen-bond donors (Lipinski definition) is 2. The predicted molar refractivity (Wildman–Crippen MR) is 88.1 cm³/mol. The summed E-state index contributed by atoms with van der Waals surface area (Å²) in [5.41, 5.74) is 0.956. The standard InChI is InChI=1S/C15H15N3OS2/c1-8(16-9-4-5-9)13-17-14(19)12-10(7-21-15(12)18-13)11-3-2-6-20-11/h2-3,6-9,16H,4-5H2,1H3,(H,17,18,19)/t8-/m1/s1. The van der Waals surface area contributed by atoms with Crippen LogP contribution in [0.5, 0.6) is 0 Å². The molecule has 0 unspecified atom stereocenters. The molecule has 1 fully saturated rings. The lowest BCUT2D eigenvalue weighted by molar-refractivity contribution is 0.544. The minimum Gasteiger partial charge on any atom is -0.309 e. The van der Waals surface area contributed by atoms with Crippen LogP contribution in [0.25, 0.3) is 20.7 Å². The van der Waals surface area contributed by atoms with Crippen LogP contribution in [0.15, 0.2) is 27.7 Å². The summed E-state index contributed by atoms with van der Waals surface area (Å²) in [6.45, 7) is 2.05. The van der Waals surface area contributed by atoms with Crippen molar-refractivity contribution in [3.63, 3.8) is 0 Å². The number of aromatic nitrogens is 2. The minimum atomic E-state index is -0.0379. The van der Waals surface area contributed by atoms with Crippen LogP contribution in [-0.2, 0) is 0 Å². The van der Waals surface area contributed by atoms with Crippen LogP contribution in [0.2, 0.25) is 0 Å².